The third-order valence-electron chi connectivity index (χ3n) is 5.34. The number of hydrogen-bond donors (Lipinski definition) is 2. The highest BCUT2D eigenvalue weighted by atomic mass is 16.5. The van der Waals surface area contributed by atoms with Crippen LogP contribution in [0.4, 0.5) is 0 Å². The average molecular weight is 358 g/mol. The summed E-state index contributed by atoms with van der Waals surface area (Å²) in [5.41, 5.74) is 1.59. The van der Waals surface area contributed by atoms with Gasteiger partial charge in [-0.25, -0.2) is 0 Å². The van der Waals surface area contributed by atoms with Crippen molar-refractivity contribution in [3.8, 4) is 11.5 Å². The second-order valence-corrected chi connectivity index (χ2v) is 6.98. The molecule has 2 N–H and O–H groups in total. The average Bonchev–Trinajstić information content (AvgIpc) is 2.70. The van der Waals surface area contributed by atoms with Crippen LogP contribution in [0.25, 0.3) is 10.8 Å². The molecule has 2 aromatic rings. The fourth-order valence-corrected chi connectivity index (χ4v) is 3.84. The van der Waals surface area contributed by atoms with Crippen molar-refractivity contribution in [3.05, 3.63) is 35.4 Å². The number of ether oxygens (including phenoxy) is 2. The molecule has 2 aliphatic heterocycles. The van der Waals surface area contributed by atoms with Crippen LogP contribution < -0.4 is 0 Å². The van der Waals surface area contributed by atoms with E-state index in [1.54, 1.807) is 0 Å². The number of nitrogens with zero attached hydrogens (tertiary/aromatic N) is 2. The van der Waals surface area contributed by atoms with E-state index < -0.39 is 0 Å². The van der Waals surface area contributed by atoms with Gasteiger partial charge in [0.2, 0.25) is 0 Å². The molecular weight excluding hydrogens is 332 g/mol. The summed E-state index contributed by atoms with van der Waals surface area (Å²) in [6.45, 7) is 7.41. The van der Waals surface area contributed by atoms with Gasteiger partial charge in [0.05, 0.1) is 26.4 Å². The zero-order valence-electron chi connectivity index (χ0n) is 15.0. The number of fused-ring (bicyclic) bond motifs is 1. The maximum atomic E-state index is 10.8. The van der Waals surface area contributed by atoms with Crippen LogP contribution in [0.1, 0.15) is 11.1 Å². The molecule has 0 spiro atoms. The Morgan fingerprint density at radius 2 is 1.08 bits per heavy atom. The Bertz CT molecular complexity index is 703. The van der Waals surface area contributed by atoms with Gasteiger partial charge in [-0.1, -0.05) is 24.3 Å². The Morgan fingerprint density at radius 1 is 0.692 bits per heavy atom. The van der Waals surface area contributed by atoms with Crippen molar-refractivity contribution in [2.24, 2.45) is 0 Å². The Hall–Kier alpha value is -1.86. The molecule has 0 aliphatic carbocycles. The van der Waals surface area contributed by atoms with Crippen molar-refractivity contribution in [1.82, 2.24) is 9.80 Å². The largest absolute Gasteiger partial charge is 0.504 e. The quantitative estimate of drug-likeness (QED) is 0.814. The summed E-state index contributed by atoms with van der Waals surface area (Å²) in [6, 6.07) is 8.04. The normalized spacial score (nSPS) is 19.8. The van der Waals surface area contributed by atoms with E-state index in [1.165, 1.54) is 0 Å². The number of phenolic OH excluding ortho intramolecular Hbond substituents is 2. The predicted octanol–water partition coefficient (Wildman–Crippen LogP) is 1.92. The molecule has 0 saturated carbocycles. The second kappa shape index (κ2) is 7.80. The Morgan fingerprint density at radius 3 is 1.46 bits per heavy atom. The predicted molar refractivity (Wildman–Crippen MR) is 99.5 cm³/mol. The van der Waals surface area contributed by atoms with Gasteiger partial charge in [-0.2, -0.15) is 0 Å². The summed E-state index contributed by atoms with van der Waals surface area (Å²) >= 11 is 0. The topological polar surface area (TPSA) is 65.4 Å². The van der Waals surface area contributed by atoms with E-state index in [1.807, 2.05) is 24.3 Å². The standard InChI is InChI=1S/C20H26N2O4/c23-19-17(13-21-5-9-25-10-6-21)15-3-1-2-4-16(15)18(20(19)24)14-22-7-11-26-12-8-22/h1-4,23-24H,5-14H2. The van der Waals surface area contributed by atoms with Gasteiger partial charge < -0.3 is 19.7 Å². The number of hydrogen-bond acceptors (Lipinski definition) is 6. The zero-order chi connectivity index (χ0) is 17.9. The number of benzene rings is 2. The maximum Gasteiger partial charge on any atom is 0.162 e. The fraction of sp³-hybridized carbons (Fsp3) is 0.500. The molecule has 6 heteroatoms. The van der Waals surface area contributed by atoms with Gasteiger partial charge in [-0.15, -0.1) is 0 Å². The lowest BCUT2D eigenvalue weighted by Crippen LogP contribution is -2.36. The van der Waals surface area contributed by atoms with Gasteiger partial charge in [0.1, 0.15) is 0 Å². The van der Waals surface area contributed by atoms with E-state index in [9.17, 15) is 10.2 Å². The van der Waals surface area contributed by atoms with Crippen molar-refractivity contribution in [1.29, 1.82) is 0 Å². The van der Waals surface area contributed by atoms with Crippen LogP contribution in [0.5, 0.6) is 11.5 Å². The molecular formula is C20H26N2O4. The highest BCUT2D eigenvalue weighted by molar-refractivity contribution is 5.93. The van der Waals surface area contributed by atoms with Crippen molar-refractivity contribution in [2.45, 2.75) is 13.1 Å². The molecule has 140 valence electrons. The highest BCUT2D eigenvalue weighted by Gasteiger charge is 2.23. The summed E-state index contributed by atoms with van der Waals surface area (Å²) in [7, 11) is 0. The van der Waals surface area contributed by atoms with Gasteiger partial charge in [0.15, 0.2) is 11.5 Å². The van der Waals surface area contributed by atoms with Crippen molar-refractivity contribution < 1.29 is 19.7 Å². The minimum Gasteiger partial charge on any atom is -0.504 e. The number of morpholine rings is 2. The molecule has 26 heavy (non-hydrogen) atoms. The molecule has 0 bridgehead atoms. The smallest absolute Gasteiger partial charge is 0.162 e. The van der Waals surface area contributed by atoms with E-state index in [0.717, 1.165) is 48.1 Å². The van der Waals surface area contributed by atoms with Gasteiger partial charge in [0, 0.05) is 50.4 Å². The number of phenols is 2. The van der Waals surface area contributed by atoms with Crippen LogP contribution in [-0.2, 0) is 22.6 Å². The molecule has 0 amide bonds. The fourth-order valence-electron chi connectivity index (χ4n) is 3.84. The van der Waals surface area contributed by atoms with Crippen LogP contribution in [0, 0.1) is 0 Å². The molecule has 0 atom stereocenters. The molecule has 2 heterocycles. The number of aromatic hydroxyl groups is 2. The third kappa shape index (κ3) is 3.50. The Labute approximate surface area is 153 Å². The first-order valence-corrected chi connectivity index (χ1v) is 9.28. The minimum atomic E-state index is 0.0125. The van der Waals surface area contributed by atoms with Gasteiger partial charge in [0.25, 0.3) is 0 Å². The lowest BCUT2D eigenvalue weighted by Gasteiger charge is -2.29. The van der Waals surface area contributed by atoms with Gasteiger partial charge in [-0.3, -0.25) is 9.80 Å². The molecule has 6 nitrogen and oxygen atoms in total. The second-order valence-electron chi connectivity index (χ2n) is 6.98. The molecule has 2 saturated heterocycles. The summed E-state index contributed by atoms with van der Waals surface area (Å²) in [5.74, 6) is 0.0249. The van der Waals surface area contributed by atoms with E-state index in [4.69, 9.17) is 9.47 Å². The molecule has 4 rings (SSSR count). The van der Waals surface area contributed by atoms with Crippen molar-refractivity contribution >= 4 is 10.8 Å². The third-order valence-corrected chi connectivity index (χ3v) is 5.34. The SMILES string of the molecule is Oc1c(O)c(CN2CCOCC2)c2ccccc2c1CN1CCOCC1. The number of rotatable bonds is 4. The molecule has 0 radical (unpaired) electrons. The van der Waals surface area contributed by atoms with Crippen molar-refractivity contribution in [3.63, 3.8) is 0 Å². The summed E-state index contributed by atoms with van der Waals surface area (Å²) in [6.07, 6.45) is 0. The Kier molecular flexibility index (Phi) is 5.26. The molecule has 2 aromatic carbocycles. The molecule has 0 unspecified atom stereocenters. The molecule has 2 aliphatic rings. The summed E-state index contributed by atoms with van der Waals surface area (Å²) in [5, 5.41) is 23.6. The molecule has 0 aromatic heterocycles. The van der Waals surface area contributed by atoms with E-state index in [-0.39, 0.29) is 11.5 Å². The van der Waals surface area contributed by atoms with Gasteiger partial charge >= 0.3 is 0 Å². The zero-order valence-corrected chi connectivity index (χ0v) is 15.0. The van der Waals surface area contributed by atoms with E-state index in [2.05, 4.69) is 9.80 Å². The minimum absolute atomic E-state index is 0.0125. The van der Waals surface area contributed by atoms with E-state index >= 15 is 0 Å². The van der Waals surface area contributed by atoms with Crippen LogP contribution in [-0.4, -0.2) is 72.6 Å². The first kappa shape index (κ1) is 17.5. The maximum absolute atomic E-state index is 10.8. The summed E-state index contributed by atoms with van der Waals surface area (Å²) < 4.78 is 10.8. The lowest BCUT2D eigenvalue weighted by atomic mass is 9.96. The van der Waals surface area contributed by atoms with E-state index in [0.29, 0.717) is 39.5 Å². The first-order chi connectivity index (χ1) is 12.7. The monoisotopic (exact) mass is 358 g/mol. The van der Waals surface area contributed by atoms with Crippen LogP contribution in [0.2, 0.25) is 0 Å². The first-order valence-electron chi connectivity index (χ1n) is 9.28. The lowest BCUT2D eigenvalue weighted by molar-refractivity contribution is 0.0334. The van der Waals surface area contributed by atoms with Crippen molar-refractivity contribution in [2.75, 3.05) is 52.6 Å². The van der Waals surface area contributed by atoms with Crippen LogP contribution in [0.15, 0.2) is 24.3 Å². The molecule has 2 fully saturated rings. The van der Waals surface area contributed by atoms with Crippen LogP contribution in [0.3, 0.4) is 0 Å². The summed E-state index contributed by atoms with van der Waals surface area (Å²) in [4.78, 5) is 4.51. The van der Waals surface area contributed by atoms with Crippen LogP contribution >= 0.6 is 0 Å². The Balaban J connectivity index is 1.71. The van der Waals surface area contributed by atoms with Gasteiger partial charge in [-0.05, 0) is 10.8 Å². The highest BCUT2D eigenvalue weighted by Crippen LogP contribution is 2.41.